The van der Waals surface area contributed by atoms with Gasteiger partial charge >= 0.3 is 0 Å². The summed E-state index contributed by atoms with van der Waals surface area (Å²) in [5.41, 5.74) is 0. The minimum absolute atomic E-state index is 0.0907. The summed E-state index contributed by atoms with van der Waals surface area (Å²) in [6.07, 6.45) is 7.40. The first-order valence-electron chi connectivity index (χ1n) is 7.42. The van der Waals surface area contributed by atoms with Gasteiger partial charge in [-0.1, -0.05) is 25.5 Å². The number of imide groups is 1. The minimum Gasteiger partial charge on any atom is -0.356 e. The molecule has 20 heavy (non-hydrogen) atoms. The standard InChI is InChI=1S/C15H22N2O3/c1-2-3-9-16-13(18)8-10-17-14(19)11-6-4-5-7-12(11)15(17)20/h4-5,11-12H,2-3,6-10H2,1H3,(H,16,18). The maximum Gasteiger partial charge on any atom is 0.233 e. The van der Waals surface area contributed by atoms with Crippen LogP contribution in [0.2, 0.25) is 0 Å². The molecule has 1 saturated heterocycles. The largest absolute Gasteiger partial charge is 0.356 e. The number of fused-ring (bicyclic) bond motifs is 1. The molecule has 0 aromatic rings. The maximum atomic E-state index is 12.2. The molecule has 1 aliphatic heterocycles. The molecule has 0 radical (unpaired) electrons. The van der Waals surface area contributed by atoms with Crippen LogP contribution >= 0.6 is 0 Å². The molecule has 2 atom stereocenters. The Labute approximate surface area is 119 Å². The van der Waals surface area contributed by atoms with Crippen molar-refractivity contribution in [3.63, 3.8) is 0 Å². The van der Waals surface area contributed by atoms with Crippen LogP contribution in [0, 0.1) is 11.8 Å². The van der Waals surface area contributed by atoms with E-state index in [0.717, 1.165) is 12.8 Å². The van der Waals surface area contributed by atoms with Crippen molar-refractivity contribution in [2.75, 3.05) is 13.1 Å². The fraction of sp³-hybridized carbons (Fsp3) is 0.667. The van der Waals surface area contributed by atoms with Crippen LogP contribution in [0.5, 0.6) is 0 Å². The third kappa shape index (κ3) is 3.08. The monoisotopic (exact) mass is 278 g/mol. The summed E-state index contributed by atoms with van der Waals surface area (Å²) in [7, 11) is 0. The van der Waals surface area contributed by atoms with Crippen LogP contribution in [-0.2, 0) is 14.4 Å². The third-order valence-corrected chi connectivity index (χ3v) is 4.01. The van der Waals surface area contributed by atoms with Gasteiger partial charge in [-0.2, -0.15) is 0 Å². The Kier molecular flexibility index (Phi) is 4.93. The summed E-state index contributed by atoms with van der Waals surface area (Å²) < 4.78 is 0. The number of unbranched alkanes of at least 4 members (excludes halogenated alkanes) is 1. The Morgan fingerprint density at radius 2 is 1.85 bits per heavy atom. The SMILES string of the molecule is CCCCNC(=O)CCN1C(=O)C2CC=CCC2C1=O. The van der Waals surface area contributed by atoms with Gasteiger partial charge < -0.3 is 5.32 Å². The Morgan fingerprint density at radius 3 is 2.40 bits per heavy atom. The van der Waals surface area contributed by atoms with Gasteiger partial charge in [0.05, 0.1) is 11.8 Å². The highest BCUT2D eigenvalue weighted by molar-refractivity contribution is 6.05. The molecule has 0 bridgehead atoms. The summed E-state index contributed by atoms with van der Waals surface area (Å²) >= 11 is 0. The molecule has 1 aliphatic carbocycles. The lowest BCUT2D eigenvalue weighted by molar-refractivity contribution is -0.140. The van der Waals surface area contributed by atoms with E-state index in [9.17, 15) is 14.4 Å². The van der Waals surface area contributed by atoms with Crippen LogP contribution in [0.25, 0.3) is 0 Å². The summed E-state index contributed by atoms with van der Waals surface area (Å²) in [5.74, 6) is -0.699. The summed E-state index contributed by atoms with van der Waals surface area (Å²) in [6.45, 7) is 2.93. The first-order valence-corrected chi connectivity index (χ1v) is 7.42. The van der Waals surface area contributed by atoms with Crippen molar-refractivity contribution in [3.8, 4) is 0 Å². The van der Waals surface area contributed by atoms with Crippen molar-refractivity contribution < 1.29 is 14.4 Å². The van der Waals surface area contributed by atoms with Crippen molar-refractivity contribution in [2.24, 2.45) is 11.8 Å². The number of nitrogens with zero attached hydrogens (tertiary/aromatic N) is 1. The lowest BCUT2D eigenvalue weighted by Crippen LogP contribution is -2.35. The molecule has 5 nitrogen and oxygen atoms in total. The van der Waals surface area contributed by atoms with E-state index in [-0.39, 0.29) is 42.5 Å². The molecule has 110 valence electrons. The second-order valence-corrected chi connectivity index (χ2v) is 5.44. The Bertz CT molecular complexity index is 405. The molecule has 0 aromatic heterocycles. The molecule has 2 unspecified atom stereocenters. The van der Waals surface area contributed by atoms with Gasteiger partial charge in [0, 0.05) is 19.5 Å². The zero-order valence-electron chi connectivity index (χ0n) is 11.9. The number of carbonyl (C=O) groups is 3. The first kappa shape index (κ1) is 14.8. The Hall–Kier alpha value is -1.65. The molecular formula is C15H22N2O3. The van der Waals surface area contributed by atoms with Crippen LogP contribution < -0.4 is 5.32 Å². The van der Waals surface area contributed by atoms with Gasteiger partial charge in [0.25, 0.3) is 0 Å². The Morgan fingerprint density at radius 1 is 1.25 bits per heavy atom. The molecule has 3 amide bonds. The summed E-state index contributed by atoms with van der Waals surface area (Å²) in [5, 5.41) is 2.80. The zero-order valence-corrected chi connectivity index (χ0v) is 11.9. The number of amides is 3. The quantitative estimate of drug-likeness (QED) is 0.451. The molecule has 1 N–H and O–H groups in total. The van der Waals surface area contributed by atoms with Crippen molar-refractivity contribution in [2.45, 2.75) is 39.0 Å². The molecule has 1 fully saturated rings. The second-order valence-electron chi connectivity index (χ2n) is 5.44. The van der Waals surface area contributed by atoms with Gasteiger partial charge in [-0.3, -0.25) is 19.3 Å². The highest BCUT2D eigenvalue weighted by Crippen LogP contribution is 2.34. The fourth-order valence-corrected chi connectivity index (χ4v) is 2.80. The van der Waals surface area contributed by atoms with E-state index in [1.165, 1.54) is 4.90 Å². The highest BCUT2D eigenvalue weighted by atomic mass is 16.2. The van der Waals surface area contributed by atoms with Crippen molar-refractivity contribution in [1.82, 2.24) is 10.2 Å². The molecule has 2 rings (SSSR count). The number of rotatable bonds is 6. The normalized spacial score (nSPS) is 24.9. The van der Waals surface area contributed by atoms with Crippen LogP contribution in [0.4, 0.5) is 0 Å². The molecule has 0 aromatic carbocycles. The highest BCUT2D eigenvalue weighted by Gasteiger charge is 2.46. The Balaban J connectivity index is 1.83. The number of nitrogens with one attached hydrogen (secondary N) is 1. The van der Waals surface area contributed by atoms with Crippen LogP contribution in [0.1, 0.15) is 39.0 Å². The summed E-state index contributed by atoms with van der Waals surface area (Å²) in [4.78, 5) is 37.2. The number of carbonyl (C=O) groups excluding carboxylic acids is 3. The van der Waals surface area contributed by atoms with E-state index in [4.69, 9.17) is 0 Å². The van der Waals surface area contributed by atoms with Gasteiger partial charge in [0.15, 0.2) is 0 Å². The molecule has 0 spiro atoms. The van der Waals surface area contributed by atoms with Crippen molar-refractivity contribution >= 4 is 17.7 Å². The lowest BCUT2D eigenvalue weighted by Gasteiger charge is -2.14. The third-order valence-electron chi connectivity index (χ3n) is 4.01. The van der Waals surface area contributed by atoms with Crippen LogP contribution in [0.3, 0.4) is 0 Å². The number of allylic oxidation sites excluding steroid dienone is 2. The van der Waals surface area contributed by atoms with Crippen LogP contribution in [-0.4, -0.2) is 35.7 Å². The van der Waals surface area contributed by atoms with Crippen molar-refractivity contribution in [3.05, 3.63) is 12.2 Å². The predicted molar refractivity (Wildman–Crippen MR) is 74.6 cm³/mol. The fourth-order valence-electron chi connectivity index (χ4n) is 2.80. The number of hydrogen-bond donors (Lipinski definition) is 1. The predicted octanol–water partition coefficient (Wildman–Crippen LogP) is 1.24. The van der Waals surface area contributed by atoms with Crippen LogP contribution in [0.15, 0.2) is 12.2 Å². The first-order chi connectivity index (χ1) is 9.65. The topological polar surface area (TPSA) is 66.5 Å². The smallest absolute Gasteiger partial charge is 0.233 e. The van der Waals surface area contributed by atoms with Gasteiger partial charge in [0.2, 0.25) is 17.7 Å². The molecule has 2 aliphatic rings. The lowest BCUT2D eigenvalue weighted by atomic mass is 9.85. The summed E-state index contributed by atoms with van der Waals surface area (Å²) in [6, 6.07) is 0. The van der Waals surface area contributed by atoms with Gasteiger partial charge in [0.1, 0.15) is 0 Å². The average molecular weight is 278 g/mol. The van der Waals surface area contributed by atoms with E-state index < -0.39 is 0 Å². The van der Waals surface area contributed by atoms with Gasteiger partial charge in [-0.15, -0.1) is 0 Å². The van der Waals surface area contributed by atoms with E-state index in [2.05, 4.69) is 12.2 Å². The minimum atomic E-state index is -0.198. The van der Waals surface area contributed by atoms with Gasteiger partial charge in [-0.25, -0.2) is 0 Å². The zero-order chi connectivity index (χ0) is 14.5. The van der Waals surface area contributed by atoms with E-state index >= 15 is 0 Å². The molecule has 1 heterocycles. The molecule has 0 saturated carbocycles. The van der Waals surface area contributed by atoms with E-state index in [0.29, 0.717) is 19.4 Å². The van der Waals surface area contributed by atoms with E-state index in [1.54, 1.807) is 0 Å². The van der Waals surface area contributed by atoms with Crippen molar-refractivity contribution in [1.29, 1.82) is 0 Å². The molecular weight excluding hydrogens is 256 g/mol. The number of likely N-dealkylation sites (tertiary alicyclic amines) is 1. The van der Waals surface area contributed by atoms with E-state index in [1.807, 2.05) is 12.2 Å². The number of hydrogen-bond acceptors (Lipinski definition) is 3. The molecule has 5 heteroatoms. The average Bonchev–Trinajstić information content (AvgIpc) is 2.70. The maximum absolute atomic E-state index is 12.2. The second kappa shape index (κ2) is 6.68. The van der Waals surface area contributed by atoms with Gasteiger partial charge in [-0.05, 0) is 19.3 Å².